The first-order chi connectivity index (χ1) is 7.27. The van der Waals surface area contributed by atoms with E-state index in [-0.39, 0.29) is 0 Å². The second-order valence-corrected chi connectivity index (χ2v) is 3.61. The minimum absolute atomic E-state index is 0.396. The Labute approximate surface area is 96.3 Å². The molecule has 0 atom stereocenters. The van der Waals surface area contributed by atoms with Gasteiger partial charge in [0.25, 0.3) is 0 Å². The molecular formula is C8H5BrF3NO3. The lowest BCUT2D eigenvalue weighted by atomic mass is 10.2. The van der Waals surface area contributed by atoms with Crippen molar-refractivity contribution in [1.29, 1.82) is 0 Å². The van der Waals surface area contributed by atoms with Gasteiger partial charge in [-0.05, 0) is 15.9 Å². The molecule has 0 fully saturated rings. The predicted octanol–water partition coefficient (Wildman–Crippen LogP) is 3.38. The molecule has 0 amide bonds. The third-order valence-corrected chi connectivity index (χ3v) is 2.43. The smallest absolute Gasteiger partial charge is 0.417 e. The monoisotopic (exact) mass is 299 g/mol. The van der Waals surface area contributed by atoms with Crippen LogP contribution in [0.1, 0.15) is 5.56 Å². The maximum Gasteiger partial charge on any atom is 0.417 e. The molecule has 1 aromatic rings. The molecule has 0 spiro atoms. The maximum absolute atomic E-state index is 12.4. The zero-order valence-corrected chi connectivity index (χ0v) is 9.42. The zero-order valence-electron chi connectivity index (χ0n) is 7.84. The molecule has 0 unspecified atom stereocenters. The summed E-state index contributed by atoms with van der Waals surface area (Å²) < 4.78 is 41.5. The second-order valence-electron chi connectivity index (χ2n) is 2.76. The standard InChI is InChI=1S/C8H5BrF3NO3/c1-16-7-2-4(8(10,11)12)5(9)3-6(7)13(14)15/h2-3H,1H3. The first-order valence-electron chi connectivity index (χ1n) is 3.86. The summed E-state index contributed by atoms with van der Waals surface area (Å²) in [4.78, 5) is 9.70. The van der Waals surface area contributed by atoms with Gasteiger partial charge >= 0.3 is 11.9 Å². The van der Waals surface area contributed by atoms with Crippen LogP contribution in [0.5, 0.6) is 5.75 Å². The third-order valence-electron chi connectivity index (χ3n) is 1.77. The summed E-state index contributed by atoms with van der Waals surface area (Å²) in [5.41, 5.74) is -1.54. The van der Waals surface area contributed by atoms with Crippen molar-refractivity contribution < 1.29 is 22.8 Å². The van der Waals surface area contributed by atoms with Crippen molar-refractivity contribution in [3.63, 3.8) is 0 Å². The van der Waals surface area contributed by atoms with Gasteiger partial charge in [-0.25, -0.2) is 0 Å². The fourth-order valence-corrected chi connectivity index (χ4v) is 1.62. The van der Waals surface area contributed by atoms with E-state index in [1.54, 1.807) is 0 Å². The molecule has 0 bridgehead atoms. The van der Waals surface area contributed by atoms with E-state index in [0.717, 1.165) is 13.2 Å². The molecule has 0 aliphatic heterocycles. The first kappa shape index (κ1) is 12.8. The third kappa shape index (κ3) is 2.43. The first-order valence-corrected chi connectivity index (χ1v) is 4.65. The van der Waals surface area contributed by atoms with E-state index in [1.807, 2.05) is 0 Å². The summed E-state index contributed by atoms with van der Waals surface area (Å²) in [6.07, 6.45) is -4.60. The lowest BCUT2D eigenvalue weighted by Gasteiger charge is -2.10. The lowest BCUT2D eigenvalue weighted by molar-refractivity contribution is -0.385. The van der Waals surface area contributed by atoms with Gasteiger partial charge in [-0.3, -0.25) is 10.1 Å². The molecule has 1 rings (SSSR count). The molecular weight excluding hydrogens is 295 g/mol. The number of ether oxygens (including phenoxy) is 1. The molecule has 16 heavy (non-hydrogen) atoms. The molecule has 88 valence electrons. The van der Waals surface area contributed by atoms with E-state index in [0.29, 0.717) is 6.07 Å². The number of hydrogen-bond donors (Lipinski definition) is 0. The largest absolute Gasteiger partial charge is 0.490 e. The number of nitro groups is 1. The Kier molecular flexibility index (Phi) is 3.41. The molecule has 0 N–H and O–H groups in total. The van der Waals surface area contributed by atoms with Crippen molar-refractivity contribution in [3.05, 3.63) is 32.3 Å². The SMILES string of the molecule is COc1cc(C(F)(F)F)c(Br)cc1[N+](=O)[O-]. The van der Waals surface area contributed by atoms with Crippen LogP contribution in [-0.2, 0) is 6.18 Å². The highest BCUT2D eigenvalue weighted by Crippen LogP contribution is 2.41. The van der Waals surface area contributed by atoms with Gasteiger partial charge in [-0.1, -0.05) is 0 Å². The second kappa shape index (κ2) is 4.28. The minimum atomic E-state index is -4.60. The van der Waals surface area contributed by atoms with Gasteiger partial charge < -0.3 is 4.74 Å². The summed E-state index contributed by atoms with van der Waals surface area (Å²) in [6.45, 7) is 0. The Morgan fingerprint density at radius 3 is 2.38 bits per heavy atom. The summed E-state index contributed by atoms with van der Waals surface area (Å²) in [5.74, 6) is -0.430. The highest BCUT2D eigenvalue weighted by molar-refractivity contribution is 9.10. The van der Waals surface area contributed by atoms with E-state index in [4.69, 9.17) is 0 Å². The molecule has 4 nitrogen and oxygen atoms in total. The maximum atomic E-state index is 12.4. The molecule has 1 aromatic carbocycles. The average Bonchev–Trinajstić information content (AvgIpc) is 2.15. The van der Waals surface area contributed by atoms with Crippen LogP contribution < -0.4 is 4.74 Å². The Balaban J connectivity index is 3.43. The molecule has 0 saturated carbocycles. The van der Waals surface area contributed by atoms with Crippen LogP contribution in [0.15, 0.2) is 16.6 Å². The zero-order chi connectivity index (χ0) is 12.5. The Hall–Kier alpha value is -1.31. The van der Waals surface area contributed by atoms with Gasteiger partial charge in [0.1, 0.15) is 0 Å². The Bertz CT molecular complexity index is 433. The van der Waals surface area contributed by atoms with Crippen LogP contribution >= 0.6 is 15.9 Å². The predicted molar refractivity (Wildman–Crippen MR) is 52.4 cm³/mol. The van der Waals surface area contributed by atoms with Crippen LogP contribution in [0.2, 0.25) is 0 Å². The normalized spacial score (nSPS) is 11.3. The number of alkyl halides is 3. The number of halogens is 4. The number of hydrogen-bond acceptors (Lipinski definition) is 3. The van der Waals surface area contributed by atoms with E-state index in [2.05, 4.69) is 20.7 Å². The number of rotatable bonds is 2. The summed E-state index contributed by atoms with van der Waals surface area (Å²) in [7, 11) is 1.07. The molecule has 0 saturated heterocycles. The molecule has 0 aliphatic carbocycles. The fourth-order valence-electron chi connectivity index (χ4n) is 1.07. The van der Waals surface area contributed by atoms with Gasteiger partial charge in [0, 0.05) is 16.6 Å². The average molecular weight is 300 g/mol. The van der Waals surface area contributed by atoms with Gasteiger partial charge in [0.15, 0.2) is 5.75 Å². The highest BCUT2D eigenvalue weighted by atomic mass is 79.9. The molecule has 0 aliphatic rings. The van der Waals surface area contributed by atoms with Crippen molar-refractivity contribution in [3.8, 4) is 5.75 Å². The van der Waals surface area contributed by atoms with Crippen molar-refractivity contribution in [2.24, 2.45) is 0 Å². The summed E-state index contributed by atoms with van der Waals surface area (Å²) in [5, 5.41) is 10.5. The molecule has 8 heteroatoms. The quantitative estimate of drug-likeness (QED) is 0.621. The summed E-state index contributed by atoms with van der Waals surface area (Å²) >= 11 is 2.63. The summed E-state index contributed by atoms with van der Waals surface area (Å²) in [6, 6.07) is 1.35. The van der Waals surface area contributed by atoms with E-state index < -0.39 is 32.6 Å². The number of nitro benzene ring substituents is 1. The number of benzene rings is 1. The van der Waals surface area contributed by atoms with E-state index in [1.165, 1.54) is 0 Å². The fraction of sp³-hybridized carbons (Fsp3) is 0.250. The highest BCUT2D eigenvalue weighted by Gasteiger charge is 2.35. The Morgan fingerprint density at radius 2 is 2.00 bits per heavy atom. The number of methoxy groups -OCH3 is 1. The van der Waals surface area contributed by atoms with E-state index >= 15 is 0 Å². The lowest BCUT2D eigenvalue weighted by Crippen LogP contribution is -2.07. The molecule has 0 radical (unpaired) electrons. The van der Waals surface area contributed by atoms with Crippen LogP contribution in [-0.4, -0.2) is 12.0 Å². The van der Waals surface area contributed by atoms with Crippen molar-refractivity contribution in [1.82, 2.24) is 0 Å². The minimum Gasteiger partial charge on any atom is -0.490 e. The number of nitrogens with zero attached hydrogens (tertiary/aromatic N) is 1. The van der Waals surface area contributed by atoms with Crippen LogP contribution in [0.25, 0.3) is 0 Å². The Morgan fingerprint density at radius 1 is 1.44 bits per heavy atom. The van der Waals surface area contributed by atoms with Crippen molar-refractivity contribution >= 4 is 21.6 Å². The van der Waals surface area contributed by atoms with Gasteiger partial charge in [-0.2, -0.15) is 13.2 Å². The van der Waals surface area contributed by atoms with E-state index in [9.17, 15) is 23.3 Å². The topological polar surface area (TPSA) is 52.4 Å². The van der Waals surface area contributed by atoms with Crippen LogP contribution in [0.4, 0.5) is 18.9 Å². The van der Waals surface area contributed by atoms with Crippen molar-refractivity contribution in [2.75, 3.05) is 7.11 Å². The van der Waals surface area contributed by atoms with Crippen LogP contribution in [0, 0.1) is 10.1 Å². The molecule has 0 heterocycles. The van der Waals surface area contributed by atoms with Gasteiger partial charge in [0.2, 0.25) is 0 Å². The van der Waals surface area contributed by atoms with Crippen LogP contribution in [0.3, 0.4) is 0 Å². The van der Waals surface area contributed by atoms with Gasteiger partial charge in [-0.15, -0.1) is 0 Å². The van der Waals surface area contributed by atoms with Crippen molar-refractivity contribution in [2.45, 2.75) is 6.18 Å². The molecule has 0 aromatic heterocycles. The van der Waals surface area contributed by atoms with Gasteiger partial charge in [0.05, 0.1) is 17.6 Å².